The number of pyridine rings is 1. The highest BCUT2D eigenvalue weighted by molar-refractivity contribution is 7.99. The molecular weight excluding hydrogens is 296 g/mol. The molecule has 1 aliphatic carbocycles. The van der Waals surface area contributed by atoms with Gasteiger partial charge in [0.05, 0.1) is 0 Å². The number of carbonyl (C=O) groups excluding carboxylic acids is 1. The zero-order valence-electron chi connectivity index (χ0n) is 13.1. The summed E-state index contributed by atoms with van der Waals surface area (Å²) in [4.78, 5) is 16.7. The van der Waals surface area contributed by atoms with Crippen molar-refractivity contribution >= 4 is 17.7 Å². The Morgan fingerprint density at radius 3 is 3.00 bits per heavy atom. The van der Waals surface area contributed by atoms with Crippen LogP contribution in [0.4, 0.5) is 0 Å². The summed E-state index contributed by atoms with van der Waals surface area (Å²) in [7, 11) is 0. The number of thioether (sulfide) groups is 1. The topological polar surface area (TPSA) is 51.2 Å². The molecule has 1 saturated carbocycles. The van der Waals surface area contributed by atoms with E-state index in [1.165, 1.54) is 19.3 Å². The summed E-state index contributed by atoms with van der Waals surface area (Å²) in [6, 6.07) is 3.83. The van der Waals surface area contributed by atoms with E-state index in [1.807, 2.05) is 11.8 Å². The van der Waals surface area contributed by atoms with Crippen molar-refractivity contribution in [1.29, 1.82) is 0 Å². The van der Waals surface area contributed by atoms with E-state index >= 15 is 0 Å². The van der Waals surface area contributed by atoms with Gasteiger partial charge < -0.3 is 10.1 Å². The van der Waals surface area contributed by atoms with Gasteiger partial charge in [-0.1, -0.05) is 19.8 Å². The molecule has 3 atom stereocenters. The summed E-state index contributed by atoms with van der Waals surface area (Å²) in [6.45, 7) is 2.23. The maximum Gasteiger partial charge on any atom is 0.251 e. The number of hydrogen-bond acceptors (Lipinski definition) is 4. The lowest BCUT2D eigenvalue weighted by Crippen LogP contribution is -2.41. The van der Waals surface area contributed by atoms with Crippen molar-refractivity contribution < 1.29 is 9.53 Å². The second-order valence-electron chi connectivity index (χ2n) is 6.33. The van der Waals surface area contributed by atoms with Crippen molar-refractivity contribution in [3.63, 3.8) is 0 Å². The molecule has 3 rings (SSSR count). The van der Waals surface area contributed by atoms with Crippen LogP contribution in [0.25, 0.3) is 0 Å². The summed E-state index contributed by atoms with van der Waals surface area (Å²) in [5, 5.41) is 3.18. The van der Waals surface area contributed by atoms with Gasteiger partial charge in [-0.15, -0.1) is 0 Å². The lowest BCUT2D eigenvalue weighted by atomic mass is 9.86. The van der Waals surface area contributed by atoms with Gasteiger partial charge in [0.1, 0.15) is 6.10 Å². The fourth-order valence-corrected chi connectivity index (χ4v) is 4.27. The predicted molar refractivity (Wildman–Crippen MR) is 89.5 cm³/mol. The number of hydrogen-bond donors (Lipinski definition) is 1. The van der Waals surface area contributed by atoms with E-state index in [1.54, 1.807) is 18.3 Å². The SMILES string of the molecule is CC1CCCCC1NC(=O)c1ccnc(OC2CCSC2)c1. The van der Waals surface area contributed by atoms with E-state index in [0.717, 1.165) is 24.3 Å². The van der Waals surface area contributed by atoms with Gasteiger partial charge in [0.15, 0.2) is 0 Å². The first-order chi connectivity index (χ1) is 10.7. The third-order valence-electron chi connectivity index (χ3n) is 4.60. The van der Waals surface area contributed by atoms with Crippen molar-refractivity contribution in [3.05, 3.63) is 23.9 Å². The van der Waals surface area contributed by atoms with Crippen molar-refractivity contribution in [2.75, 3.05) is 11.5 Å². The lowest BCUT2D eigenvalue weighted by Gasteiger charge is -2.29. The number of rotatable bonds is 4. The molecule has 3 unspecified atom stereocenters. The second-order valence-corrected chi connectivity index (χ2v) is 7.48. The zero-order chi connectivity index (χ0) is 15.4. The Balaban J connectivity index is 1.61. The third-order valence-corrected chi connectivity index (χ3v) is 5.73. The van der Waals surface area contributed by atoms with Gasteiger partial charge in [0.25, 0.3) is 5.91 Å². The van der Waals surface area contributed by atoms with Crippen molar-refractivity contribution in [3.8, 4) is 5.88 Å². The molecule has 1 aromatic rings. The summed E-state index contributed by atoms with van der Waals surface area (Å²) in [6.07, 6.45) is 7.72. The van der Waals surface area contributed by atoms with Crippen LogP contribution < -0.4 is 10.1 Å². The number of nitrogens with one attached hydrogen (secondary N) is 1. The molecule has 0 spiro atoms. The molecular formula is C17H24N2O2S. The summed E-state index contributed by atoms with van der Waals surface area (Å²) >= 11 is 1.90. The minimum atomic E-state index is -0.00760. The van der Waals surface area contributed by atoms with Crippen LogP contribution in [0.2, 0.25) is 0 Å². The average Bonchev–Trinajstić information content (AvgIpc) is 3.03. The Hall–Kier alpha value is -1.23. The maximum atomic E-state index is 12.4. The molecule has 22 heavy (non-hydrogen) atoms. The van der Waals surface area contributed by atoms with Crippen LogP contribution in [0.3, 0.4) is 0 Å². The molecule has 2 fully saturated rings. The fraction of sp³-hybridized carbons (Fsp3) is 0.647. The van der Waals surface area contributed by atoms with Gasteiger partial charge in [-0.3, -0.25) is 4.79 Å². The summed E-state index contributed by atoms with van der Waals surface area (Å²) in [5.41, 5.74) is 0.647. The normalized spacial score (nSPS) is 28.3. The fourth-order valence-electron chi connectivity index (χ4n) is 3.17. The van der Waals surface area contributed by atoms with Crippen LogP contribution in [0, 0.1) is 5.92 Å². The highest BCUT2D eigenvalue weighted by atomic mass is 32.2. The molecule has 5 heteroatoms. The van der Waals surface area contributed by atoms with Crippen molar-refractivity contribution in [2.45, 2.75) is 51.2 Å². The molecule has 2 heterocycles. The van der Waals surface area contributed by atoms with Gasteiger partial charge in [0, 0.05) is 29.6 Å². The Bertz CT molecular complexity index is 517. The number of ether oxygens (including phenoxy) is 1. The maximum absolute atomic E-state index is 12.4. The quantitative estimate of drug-likeness (QED) is 0.925. The summed E-state index contributed by atoms with van der Waals surface area (Å²) in [5.74, 6) is 3.27. The minimum absolute atomic E-state index is 0.00760. The van der Waals surface area contributed by atoms with E-state index < -0.39 is 0 Å². The molecule has 1 aromatic heterocycles. The van der Waals surface area contributed by atoms with Gasteiger partial charge in [-0.25, -0.2) is 4.98 Å². The molecule has 4 nitrogen and oxygen atoms in total. The number of aromatic nitrogens is 1. The Morgan fingerprint density at radius 1 is 1.36 bits per heavy atom. The van der Waals surface area contributed by atoms with E-state index in [4.69, 9.17) is 4.74 Å². The summed E-state index contributed by atoms with van der Waals surface area (Å²) < 4.78 is 5.87. The van der Waals surface area contributed by atoms with Crippen molar-refractivity contribution in [1.82, 2.24) is 10.3 Å². The molecule has 1 amide bonds. The Morgan fingerprint density at radius 2 is 2.23 bits per heavy atom. The number of nitrogens with zero attached hydrogens (tertiary/aromatic N) is 1. The van der Waals surface area contributed by atoms with Crippen LogP contribution in [-0.2, 0) is 0 Å². The molecule has 1 aliphatic heterocycles. The molecule has 1 saturated heterocycles. The van der Waals surface area contributed by atoms with Gasteiger partial charge >= 0.3 is 0 Å². The van der Waals surface area contributed by atoms with Crippen LogP contribution >= 0.6 is 11.8 Å². The standard InChI is InChI=1S/C17H24N2O2S/c1-12-4-2-3-5-15(12)19-17(20)13-6-8-18-16(10-13)21-14-7-9-22-11-14/h6,8,10,12,14-15H,2-5,7,9,11H2,1H3,(H,19,20). The number of amides is 1. The minimum Gasteiger partial charge on any atom is -0.473 e. The molecule has 0 bridgehead atoms. The van der Waals surface area contributed by atoms with Crippen LogP contribution in [0.15, 0.2) is 18.3 Å². The highest BCUT2D eigenvalue weighted by Crippen LogP contribution is 2.25. The second kappa shape index (κ2) is 7.36. The Kier molecular flexibility index (Phi) is 5.24. The van der Waals surface area contributed by atoms with Crippen LogP contribution in [0.1, 0.15) is 49.4 Å². The first-order valence-corrected chi connectivity index (χ1v) is 9.39. The third kappa shape index (κ3) is 3.94. The first-order valence-electron chi connectivity index (χ1n) is 8.23. The Labute approximate surface area is 136 Å². The van der Waals surface area contributed by atoms with E-state index in [9.17, 15) is 4.79 Å². The lowest BCUT2D eigenvalue weighted by molar-refractivity contribution is 0.0909. The molecule has 1 N–H and O–H groups in total. The molecule has 120 valence electrons. The molecule has 0 radical (unpaired) electrons. The average molecular weight is 320 g/mol. The van der Waals surface area contributed by atoms with Crippen LogP contribution in [0.5, 0.6) is 5.88 Å². The van der Waals surface area contributed by atoms with E-state index in [2.05, 4.69) is 17.2 Å². The smallest absolute Gasteiger partial charge is 0.251 e. The predicted octanol–water partition coefficient (Wildman–Crippen LogP) is 3.27. The van der Waals surface area contributed by atoms with Gasteiger partial charge in [-0.2, -0.15) is 11.8 Å². The van der Waals surface area contributed by atoms with Gasteiger partial charge in [0.2, 0.25) is 5.88 Å². The number of carbonyl (C=O) groups is 1. The monoisotopic (exact) mass is 320 g/mol. The van der Waals surface area contributed by atoms with E-state index in [-0.39, 0.29) is 12.0 Å². The van der Waals surface area contributed by atoms with Gasteiger partial charge in [-0.05, 0) is 37.0 Å². The largest absolute Gasteiger partial charge is 0.473 e. The molecule has 2 aliphatic rings. The van der Waals surface area contributed by atoms with Crippen LogP contribution in [-0.4, -0.2) is 34.5 Å². The first kappa shape index (κ1) is 15.7. The highest BCUT2D eigenvalue weighted by Gasteiger charge is 2.24. The molecule has 0 aromatic carbocycles. The zero-order valence-corrected chi connectivity index (χ0v) is 13.9. The van der Waals surface area contributed by atoms with E-state index in [0.29, 0.717) is 23.4 Å². The van der Waals surface area contributed by atoms with Crippen molar-refractivity contribution in [2.24, 2.45) is 5.92 Å².